The van der Waals surface area contributed by atoms with E-state index in [2.05, 4.69) is 12.2 Å². The molecule has 1 aliphatic heterocycles. The van der Waals surface area contributed by atoms with Crippen LogP contribution in [0, 0.1) is 0 Å². The lowest BCUT2D eigenvalue weighted by Crippen LogP contribution is -2.51. The molecule has 15 heavy (non-hydrogen) atoms. The maximum atomic E-state index is 10.9. The highest BCUT2D eigenvalue weighted by atomic mass is 16.5. The van der Waals surface area contributed by atoms with Crippen LogP contribution in [-0.4, -0.2) is 36.5 Å². The van der Waals surface area contributed by atoms with Crippen LogP contribution < -0.4 is 5.32 Å². The van der Waals surface area contributed by atoms with E-state index in [1.54, 1.807) is 6.92 Å². The summed E-state index contributed by atoms with van der Waals surface area (Å²) in [6, 6.07) is 0. The molecule has 4 nitrogen and oxygen atoms in total. The van der Waals surface area contributed by atoms with Crippen molar-refractivity contribution in [3.63, 3.8) is 0 Å². The van der Waals surface area contributed by atoms with Crippen LogP contribution in [0.2, 0.25) is 0 Å². The van der Waals surface area contributed by atoms with Gasteiger partial charge in [-0.25, -0.2) is 0 Å². The first-order valence-corrected chi connectivity index (χ1v) is 5.69. The van der Waals surface area contributed by atoms with E-state index >= 15 is 0 Å². The van der Waals surface area contributed by atoms with Gasteiger partial charge in [0.05, 0.1) is 0 Å². The van der Waals surface area contributed by atoms with Crippen molar-refractivity contribution in [2.75, 3.05) is 6.54 Å². The van der Waals surface area contributed by atoms with Gasteiger partial charge in [0.2, 0.25) is 0 Å². The summed E-state index contributed by atoms with van der Waals surface area (Å²) in [6.45, 7) is 4.53. The lowest BCUT2D eigenvalue weighted by atomic mass is 9.72. The summed E-state index contributed by atoms with van der Waals surface area (Å²) in [7, 11) is -0.769. The summed E-state index contributed by atoms with van der Waals surface area (Å²) in [5.74, 6) is 0.139. The molecule has 0 aromatic rings. The highest BCUT2D eigenvalue weighted by molar-refractivity contribution is 6.45. The lowest BCUT2D eigenvalue weighted by Gasteiger charge is -2.31. The van der Waals surface area contributed by atoms with E-state index in [0.29, 0.717) is 6.42 Å². The van der Waals surface area contributed by atoms with Crippen molar-refractivity contribution in [1.82, 2.24) is 5.32 Å². The maximum absolute atomic E-state index is 10.9. The van der Waals surface area contributed by atoms with Gasteiger partial charge in [0, 0.05) is 18.5 Å². The number of hydrogen-bond acceptors (Lipinski definition) is 4. The highest BCUT2D eigenvalue weighted by Gasteiger charge is 2.34. The zero-order valence-corrected chi connectivity index (χ0v) is 9.53. The SMILES string of the molecule is CCCN[C@H]1CC[C@@H](CC(C)=O)OB1O. The number of carbonyl (C=O) groups is 1. The maximum Gasteiger partial charge on any atom is 0.472 e. The molecule has 1 saturated heterocycles. The molecular formula is C10H20BNO3. The molecule has 0 amide bonds. The normalized spacial score (nSPS) is 26.7. The Labute approximate surface area is 91.5 Å². The fraction of sp³-hybridized carbons (Fsp3) is 0.900. The molecule has 0 aromatic heterocycles. The molecule has 5 heteroatoms. The molecule has 86 valence electrons. The average molecular weight is 213 g/mol. The topological polar surface area (TPSA) is 58.6 Å². The third-order valence-electron chi connectivity index (χ3n) is 2.65. The van der Waals surface area contributed by atoms with E-state index in [-0.39, 0.29) is 17.8 Å². The number of nitrogens with one attached hydrogen (secondary N) is 1. The molecule has 2 atom stereocenters. The Hall–Kier alpha value is -0.385. The zero-order valence-electron chi connectivity index (χ0n) is 9.53. The first kappa shape index (κ1) is 12.7. The van der Waals surface area contributed by atoms with Gasteiger partial charge in [-0.05, 0) is 32.7 Å². The first-order valence-electron chi connectivity index (χ1n) is 5.69. The van der Waals surface area contributed by atoms with Gasteiger partial charge in [-0.1, -0.05) is 6.92 Å². The summed E-state index contributed by atoms with van der Waals surface area (Å²) in [5, 5.41) is 12.9. The summed E-state index contributed by atoms with van der Waals surface area (Å²) in [5.41, 5.74) is 0. The Balaban J connectivity index is 2.30. The van der Waals surface area contributed by atoms with E-state index in [1.807, 2.05) is 0 Å². The van der Waals surface area contributed by atoms with Gasteiger partial charge in [0.1, 0.15) is 5.78 Å². The van der Waals surface area contributed by atoms with Crippen LogP contribution in [0.1, 0.15) is 39.5 Å². The van der Waals surface area contributed by atoms with Crippen LogP contribution in [0.3, 0.4) is 0 Å². The molecule has 0 radical (unpaired) electrons. The smallest absolute Gasteiger partial charge is 0.426 e. The van der Waals surface area contributed by atoms with Gasteiger partial charge in [0.25, 0.3) is 0 Å². The van der Waals surface area contributed by atoms with Crippen molar-refractivity contribution in [2.45, 2.75) is 51.6 Å². The molecule has 0 unspecified atom stereocenters. The van der Waals surface area contributed by atoms with E-state index in [1.165, 1.54) is 0 Å². The fourth-order valence-corrected chi connectivity index (χ4v) is 1.87. The third kappa shape index (κ3) is 4.32. The van der Waals surface area contributed by atoms with Crippen molar-refractivity contribution >= 4 is 12.9 Å². The predicted octanol–water partition coefficient (Wildman–Crippen LogP) is 0.532. The third-order valence-corrected chi connectivity index (χ3v) is 2.65. The van der Waals surface area contributed by atoms with Crippen LogP contribution in [-0.2, 0) is 9.45 Å². The second-order valence-electron chi connectivity index (χ2n) is 4.19. The number of ketones is 1. The molecule has 0 aliphatic carbocycles. The minimum absolute atomic E-state index is 0.0214. The number of rotatable bonds is 5. The second-order valence-corrected chi connectivity index (χ2v) is 4.19. The van der Waals surface area contributed by atoms with Crippen LogP contribution >= 0.6 is 0 Å². The molecule has 1 aliphatic rings. The van der Waals surface area contributed by atoms with Crippen molar-refractivity contribution in [3.8, 4) is 0 Å². The van der Waals surface area contributed by atoms with E-state index in [9.17, 15) is 9.82 Å². The quantitative estimate of drug-likeness (QED) is 0.654. The van der Waals surface area contributed by atoms with Crippen LogP contribution in [0.5, 0.6) is 0 Å². The Morgan fingerprint density at radius 3 is 2.87 bits per heavy atom. The van der Waals surface area contributed by atoms with E-state index in [0.717, 1.165) is 25.8 Å². The van der Waals surface area contributed by atoms with Crippen molar-refractivity contribution < 1.29 is 14.5 Å². The molecule has 0 spiro atoms. The summed E-state index contributed by atoms with van der Waals surface area (Å²) in [4.78, 5) is 10.9. The minimum atomic E-state index is -0.769. The van der Waals surface area contributed by atoms with Gasteiger partial charge < -0.3 is 15.0 Å². The zero-order chi connectivity index (χ0) is 11.3. The minimum Gasteiger partial charge on any atom is -0.426 e. The summed E-state index contributed by atoms with van der Waals surface area (Å²) < 4.78 is 5.38. The van der Waals surface area contributed by atoms with Crippen molar-refractivity contribution in [2.24, 2.45) is 0 Å². The largest absolute Gasteiger partial charge is 0.472 e. The summed E-state index contributed by atoms with van der Waals surface area (Å²) >= 11 is 0. The number of hydrogen-bond donors (Lipinski definition) is 2. The van der Waals surface area contributed by atoms with Crippen molar-refractivity contribution in [3.05, 3.63) is 0 Å². The highest BCUT2D eigenvalue weighted by Crippen LogP contribution is 2.18. The van der Waals surface area contributed by atoms with Gasteiger partial charge in [-0.3, -0.25) is 4.79 Å². The molecule has 1 fully saturated rings. The van der Waals surface area contributed by atoms with Crippen LogP contribution in [0.15, 0.2) is 0 Å². The average Bonchev–Trinajstić information content (AvgIpc) is 2.15. The molecule has 0 bridgehead atoms. The van der Waals surface area contributed by atoms with Crippen LogP contribution in [0.4, 0.5) is 0 Å². The summed E-state index contributed by atoms with van der Waals surface area (Å²) in [6.07, 6.45) is 3.08. The molecule has 0 aromatic carbocycles. The van der Waals surface area contributed by atoms with Crippen LogP contribution in [0.25, 0.3) is 0 Å². The second kappa shape index (κ2) is 6.25. The van der Waals surface area contributed by atoms with Gasteiger partial charge >= 0.3 is 7.12 Å². The molecular weight excluding hydrogens is 193 g/mol. The first-order chi connectivity index (χ1) is 7.13. The monoisotopic (exact) mass is 213 g/mol. The molecule has 1 rings (SSSR count). The number of Topliss-reactive ketones (excluding diaryl/α,β-unsaturated/α-hetero) is 1. The molecule has 1 heterocycles. The van der Waals surface area contributed by atoms with Gasteiger partial charge in [0.15, 0.2) is 0 Å². The Morgan fingerprint density at radius 2 is 2.33 bits per heavy atom. The Bertz CT molecular complexity index is 213. The van der Waals surface area contributed by atoms with Crippen molar-refractivity contribution in [1.29, 1.82) is 0 Å². The predicted molar refractivity (Wildman–Crippen MR) is 59.5 cm³/mol. The fourth-order valence-electron chi connectivity index (χ4n) is 1.87. The molecule has 0 saturated carbocycles. The number of carbonyl (C=O) groups excluding carboxylic acids is 1. The standard InChI is InChI=1S/C10H20BNO3/c1-3-6-12-10-5-4-9(7-8(2)13)15-11(10)14/h9-10,12,14H,3-7H2,1-2H3/t9-,10-/m0/s1. The van der Waals surface area contributed by atoms with Gasteiger partial charge in [-0.2, -0.15) is 0 Å². The van der Waals surface area contributed by atoms with E-state index < -0.39 is 7.12 Å². The van der Waals surface area contributed by atoms with Gasteiger partial charge in [-0.15, -0.1) is 0 Å². The lowest BCUT2D eigenvalue weighted by molar-refractivity contribution is -0.118. The van der Waals surface area contributed by atoms with E-state index in [4.69, 9.17) is 4.65 Å². The Morgan fingerprint density at radius 1 is 1.60 bits per heavy atom. The Kier molecular flexibility index (Phi) is 5.29. The molecule has 2 N–H and O–H groups in total.